The summed E-state index contributed by atoms with van der Waals surface area (Å²) in [4.78, 5) is 35.6. The van der Waals surface area contributed by atoms with E-state index in [1.807, 2.05) is 13.8 Å². The molecule has 0 unspecified atom stereocenters. The highest BCUT2D eigenvalue weighted by Crippen LogP contribution is 2.21. The number of carbonyl (C=O) groups excluding carboxylic acids is 3. The average Bonchev–Trinajstić information content (AvgIpc) is 3.24. The van der Waals surface area contributed by atoms with Gasteiger partial charge in [-0.3, -0.25) is 14.4 Å². The fourth-order valence-electron chi connectivity index (χ4n) is 2.85. The van der Waals surface area contributed by atoms with Crippen LogP contribution in [0.2, 0.25) is 0 Å². The summed E-state index contributed by atoms with van der Waals surface area (Å²) in [5, 5.41) is 2.46. The molecule has 1 heterocycles. The van der Waals surface area contributed by atoms with E-state index in [2.05, 4.69) is 5.32 Å². The second kappa shape index (κ2) is 10.5. The van der Waals surface area contributed by atoms with Gasteiger partial charge >= 0.3 is 5.97 Å². The molecule has 8 nitrogen and oxygen atoms in total. The number of hydrogen-bond acceptors (Lipinski definition) is 6. The Labute approximate surface area is 171 Å². The molecule has 0 aliphatic carbocycles. The van der Waals surface area contributed by atoms with Crippen LogP contribution < -0.4 is 5.32 Å². The fraction of sp³-hybridized carbons (Fsp3) is 0.550. The predicted octanol–water partition coefficient (Wildman–Crippen LogP) is 1.75. The van der Waals surface area contributed by atoms with Crippen LogP contribution in [0.25, 0.3) is 0 Å². The molecule has 2 rings (SSSR count). The molecule has 9 heteroatoms. The molecule has 0 atom stereocenters. The molecule has 0 saturated carbocycles. The maximum atomic E-state index is 12.5. The summed E-state index contributed by atoms with van der Waals surface area (Å²) in [6.07, 6.45) is 2.75. The van der Waals surface area contributed by atoms with Crippen molar-refractivity contribution in [1.82, 2.24) is 9.62 Å². The maximum Gasteiger partial charge on any atom is 0.325 e. The molecule has 160 valence electrons. The van der Waals surface area contributed by atoms with Crippen LogP contribution in [0.15, 0.2) is 29.2 Å². The van der Waals surface area contributed by atoms with Crippen molar-refractivity contribution in [3.05, 3.63) is 29.8 Å². The number of amides is 1. The van der Waals surface area contributed by atoms with Crippen LogP contribution in [-0.4, -0.2) is 56.6 Å². The Balaban J connectivity index is 1.80. The summed E-state index contributed by atoms with van der Waals surface area (Å²) in [6.45, 7) is 4.25. The molecular weight excluding hydrogens is 396 g/mol. The number of sulfonamides is 1. The number of nitrogens with zero attached hydrogens (tertiary/aromatic N) is 1. The Hall–Kier alpha value is -2.26. The molecule has 0 spiro atoms. The first-order chi connectivity index (χ1) is 13.7. The summed E-state index contributed by atoms with van der Waals surface area (Å²) in [5.74, 6) is -1.00. The van der Waals surface area contributed by atoms with Gasteiger partial charge < -0.3 is 10.1 Å². The van der Waals surface area contributed by atoms with Gasteiger partial charge in [0.15, 0.2) is 12.4 Å². The van der Waals surface area contributed by atoms with Crippen molar-refractivity contribution >= 4 is 27.7 Å². The molecule has 1 N–H and O–H groups in total. The quantitative estimate of drug-likeness (QED) is 0.453. The van der Waals surface area contributed by atoms with Crippen LogP contribution in [0.4, 0.5) is 0 Å². The third-order valence-corrected chi connectivity index (χ3v) is 6.53. The highest BCUT2D eigenvalue weighted by Gasteiger charge is 2.27. The molecule has 1 amide bonds. The first-order valence-electron chi connectivity index (χ1n) is 9.76. The SMILES string of the molecule is CC(C)CCC(=O)NCC(=O)OCC(=O)c1ccc(S(=O)(=O)N2CCCC2)cc1. The van der Waals surface area contributed by atoms with Gasteiger partial charge in [0.05, 0.1) is 4.90 Å². The molecule has 1 aliphatic rings. The van der Waals surface area contributed by atoms with E-state index in [9.17, 15) is 22.8 Å². The highest BCUT2D eigenvalue weighted by molar-refractivity contribution is 7.89. The molecule has 1 fully saturated rings. The van der Waals surface area contributed by atoms with Gasteiger partial charge in [-0.15, -0.1) is 0 Å². The second-order valence-electron chi connectivity index (χ2n) is 7.43. The van der Waals surface area contributed by atoms with Gasteiger partial charge in [0.1, 0.15) is 6.54 Å². The fourth-order valence-corrected chi connectivity index (χ4v) is 4.37. The number of ether oxygens (including phenoxy) is 1. The number of ketones is 1. The van der Waals surface area contributed by atoms with E-state index >= 15 is 0 Å². The first kappa shape index (κ1) is 23.0. The Bertz CT molecular complexity index is 827. The Morgan fingerprint density at radius 1 is 1.10 bits per heavy atom. The normalized spacial score (nSPS) is 14.7. The zero-order valence-corrected chi connectivity index (χ0v) is 17.7. The van der Waals surface area contributed by atoms with E-state index < -0.39 is 28.4 Å². The molecule has 0 aromatic heterocycles. The number of carbonyl (C=O) groups is 3. The van der Waals surface area contributed by atoms with Crippen LogP contribution in [0.1, 0.15) is 49.9 Å². The van der Waals surface area contributed by atoms with Crippen LogP contribution in [0.3, 0.4) is 0 Å². The minimum Gasteiger partial charge on any atom is -0.456 e. The van der Waals surface area contributed by atoms with Crippen LogP contribution in [0, 0.1) is 5.92 Å². The van der Waals surface area contributed by atoms with E-state index in [0.717, 1.165) is 19.3 Å². The first-order valence-corrected chi connectivity index (χ1v) is 11.2. The van der Waals surface area contributed by atoms with Crippen LogP contribution >= 0.6 is 0 Å². The minimum atomic E-state index is -3.54. The van der Waals surface area contributed by atoms with E-state index in [1.54, 1.807) is 0 Å². The molecule has 1 aromatic carbocycles. The lowest BCUT2D eigenvalue weighted by Crippen LogP contribution is -2.31. The number of benzene rings is 1. The van der Waals surface area contributed by atoms with Crippen molar-refractivity contribution in [2.45, 2.75) is 44.4 Å². The monoisotopic (exact) mass is 424 g/mol. The number of nitrogens with one attached hydrogen (secondary N) is 1. The van der Waals surface area contributed by atoms with Crippen molar-refractivity contribution in [3.63, 3.8) is 0 Å². The Kier molecular flexibility index (Phi) is 8.33. The molecule has 1 aromatic rings. The average molecular weight is 425 g/mol. The lowest BCUT2D eigenvalue weighted by molar-refractivity contribution is -0.142. The summed E-state index contributed by atoms with van der Waals surface area (Å²) in [6, 6.07) is 5.59. The van der Waals surface area contributed by atoms with Gasteiger partial charge in [0.25, 0.3) is 0 Å². The summed E-state index contributed by atoms with van der Waals surface area (Å²) in [5.41, 5.74) is 0.249. The lowest BCUT2D eigenvalue weighted by Gasteiger charge is -2.15. The van der Waals surface area contributed by atoms with Crippen LogP contribution in [-0.2, 0) is 24.3 Å². The van der Waals surface area contributed by atoms with Crippen molar-refractivity contribution in [1.29, 1.82) is 0 Å². The zero-order valence-electron chi connectivity index (χ0n) is 16.8. The van der Waals surface area contributed by atoms with E-state index in [4.69, 9.17) is 4.74 Å². The largest absolute Gasteiger partial charge is 0.456 e. The minimum absolute atomic E-state index is 0.136. The molecule has 1 aliphatic heterocycles. The van der Waals surface area contributed by atoms with Gasteiger partial charge in [-0.1, -0.05) is 13.8 Å². The Morgan fingerprint density at radius 2 is 1.72 bits per heavy atom. The number of Topliss-reactive ketones (excluding diaryl/α,β-unsaturated/α-hetero) is 1. The van der Waals surface area contributed by atoms with E-state index in [0.29, 0.717) is 25.4 Å². The second-order valence-corrected chi connectivity index (χ2v) is 9.37. The third kappa shape index (κ3) is 6.93. The van der Waals surface area contributed by atoms with E-state index in [1.165, 1.54) is 28.6 Å². The van der Waals surface area contributed by atoms with Gasteiger partial charge in [-0.2, -0.15) is 4.31 Å². The summed E-state index contributed by atoms with van der Waals surface area (Å²) in [7, 11) is -3.54. The van der Waals surface area contributed by atoms with Crippen LogP contribution in [0.5, 0.6) is 0 Å². The molecule has 0 bridgehead atoms. The molecular formula is C20H28N2O6S. The highest BCUT2D eigenvalue weighted by atomic mass is 32.2. The van der Waals surface area contributed by atoms with Gasteiger partial charge in [0, 0.05) is 25.1 Å². The number of hydrogen-bond donors (Lipinski definition) is 1. The van der Waals surface area contributed by atoms with Crippen molar-refractivity contribution in [2.75, 3.05) is 26.2 Å². The standard InChI is InChI=1S/C20H28N2O6S/c1-15(2)5-10-19(24)21-13-20(25)28-14-18(23)16-6-8-17(9-7-16)29(26,27)22-11-3-4-12-22/h6-9,15H,3-5,10-14H2,1-2H3,(H,21,24). The molecule has 1 saturated heterocycles. The summed E-state index contributed by atoms with van der Waals surface area (Å²) < 4.78 is 31.3. The van der Waals surface area contributed by atoms with Gasteiger partial charge in [-0.05, 0) is 49.4 Å². The topological polar surface area (TPSA) is 110 Å². The van der Waals surface area contributed by atoms with Crippen molar-refractivity contribution < 1.29 is 27.5 Å². The lowest BCUT2D eigenvalue weighted by atomic mass is 10.1. The van der Waals surface area contributed by atoms with Gasteiger partial charge in [-0.25, -0.2) is 8.42 Å². The van der Waals surface area contributed by atoms with Crippen molar-refractivity contribution in [2.24, 2.45) is 5.92 Å². The zero-order chi connectivity index (χ0) is 21.4. The number of rotatable bonds is 10. The molecule has 29 heavy (non-hydrogen) atoms. The van der Waals surface area contributed by atoms with Crippen molar-refractivity contribution in [3.8, 4) is 0 Å². The number of esters is 1. The maximum absolute atomic E-state index is 12.5. The Morgan fingerprint density at radius 3 is 2.31 bits per heavy atom. The molecule has 0 radical (unpaired) electrons. The van der Waals surface area contributed by atoms with Gasteiger partial charge in [0.2, 0.25) is 15.9 Å². The third-order valence-electron chi connectivity index (χ3n) is 4.62. The summed E-state index contributed by atoms with van der Waals surface area (Å²) >= 11 is 0. The smallest absolute Gasteiger partial charge is 0.325 e. The van der Waals surface area contributed by atoms with E-state index in [-0.39, 0.29) is 22.9 Å². The predicted molar refractivity (Wildman–Crippen MR) is 107 cm³/mol.